The topological polar surface area (TPSA) is 49.4 Å². The lowest BCUT2D eigenvalue weighted by Gasteiger charge is -2.26. The minimum absolute atomic E-state index is 0.00528. The van der Waals surface area contributed by atoms with E-state index in [1.54, 1.807) is 11.4 Å². The van der Waals surface area contributed by atoms with Crippen LogP contribution in [-0.4, -0.2) is 36.3 Å². The highest BCUT2D eigenvalue weighted by molar-refractivity contribution is 7.80. The van der Waals surface area contributed by atoms with Crippen LogP contribution in [0, 0.1) is 0 Å². The summed E-state index contributed by atoms with van der Waals surface area (Å²) < 4.78 is 0. The van der Waals surface area contributed by atoms with Gasteiger partial charge in [-0.05, 0) is 25.3 Å². The van der Waals surface area contributed by atoms with Gasteiger partial charge in [-0.1, -0.05) is 0 Å². The maximum absolute atomic E-state index is 11.8. The summed E-state index contributed by atoms with van der Waals surface area (Å²) in [5.74, 6) is -0.198. The molecule has 1 aliphatic heterocycles. The molecule has 4 nitrogen and oxygen atoms in total. The average Bonchev–Trinajstić information content (AvgIpc) is 2.83. The van der Waals surface area contributed by atoms with Crippen LogP contribution >= 0.6 is 24.0 Å². The van der Waals surface area contributed by atoms with E-state index in [0.717, 1.165) is 30.8 Å². The van der Waals surface area contributed by atoms with Gasteiger partial charge in [-0.2, -0.15) is 0 Å². The number of hydrogen-bond donors (Lipinski definition) is 2. The molecule has 0 radical (unpaired) electrons. The van der Waals surface area contributed by atoms with E-state index in [1.165, 1.54) is 17.8 Å². The normalized spacial score (nSPS) is 15.5. The van der Waals surface area contributed by atoms with Crippen molar-refractivity contribution in [2.75, 3.05) is 19.6 Å². The summed E-state index contributed by atoms with van der Waals surface area (Å²) in [6.07, 6.45) is 3.32. The predicted octanol–water partition coefficient (Wildman–Crippen LogP) is 1.78. The predicted molar refractivity (Wildman–Crippen MR) is 74.3 cm³/mol. The van der Waals surface area contributed by atoms with Gasteiger partial charge in [0.25, 0.3) is 5.91 Å². The summed E-state index contributed by atoms with van der Waals surface area (Å²) in [6.45, 7) is 1.71. The smallest absolute Gasteiger partial charge is 0.261 e. The first-order valence-electron chi connectivity index (χ1n) is 6.00. The monoisotopic (exact) mass is 284 g/mol. The van der Waals surface area contributed by atoms with E-state index in [4.69, 9.17) is 0 Å². The molecule has 1 aromatic rings. The summed E-state index contributed by atoms with van der Waals surface area (Å²) in [6, 6.07) is 1.70. The molecule has 6 heteroatoms. The molecule has 1 saturated heterocycles. The van der Waals surface area contributed by atoms with Crippen LogP contribution in [0.4, 0.5) is 0 Å². The third kappa shape index (κ3) is 3.49. The van der Waals surface area contributed by atoms with Gasteiger partial charge in [0.1, 0.15) is 0 Å². The van der Waals surface area contributed by atoms with Crippen LogP contribution < -0.4 is 5.32 Å². The first-order chi connectivity index (χ1) is 8.66. The van der Waals surface area contributed by atoms with E-state index in [9.17, 15) is 9.59 Å². The number of thiophene rings is 1. The molecule has 0 saturated carbocycles. The first kappa shape index (κ1) is 13.4. The Balaban J connectivity index is 1.80. The molecular weight excluding hydrogens is 268 g/mol. The van der Waals surface area contributed by atoms with Gasteiger partial charge in [-0.3, -0.25) is 9.59 Å². The average molecular weight is 284 g/mol. The van der Waals surface area contributed by atoms with Crippen molar-refractivity contribution in [3.63, 3.8) is 0 Å². The Morgan fingerprint density at radius 2 is 2.06 bits per heavy atom. The molecule has 0 atom stereocenters. The van der Waals surface area contributed by atoms with Gasteiger partial charge in [-0.15, -0.1) is 24.0 Å². The van der Waals surface area contributed by atoms with Crippen molar-refractivity contribution in [2.24, 2.45) is 0 Å². The molecule has 0 unspecified atom stereocenters. The van der Waals surface area contributed by atoms with E-state index in [1.807, 2.05) is 4.90 Å². The second kappa shape index (κ2) is 6.24. The highest BCUT2D eigenvalue weighted by Crippen LogP contribution is 2.17. The van der Waals surface area contributed by atoms with Gasteiger partial charge in [-0.25, -0.2) is 0 Å². The Morgan fingerprint density at radius 3 is 2.67 bits per heavy atom. The fraction of sp³-hybridized carbons (Fsp3) is 0.500. The number of nitrogens with one attached hydrogen (secondary N) is 1. The quantitative estimate of drug-likeness (QED) is 0.831. The Labute approximate surface area is 116 Å². The molecule has 1 aliphatic rings. The molecule has 0 spiro atoms. The zero-order chi connectivity index (χ0) is 13.0. The van der Waals surface area contributed by atoms with Crippen LogP contribution in [0.2, 0.25) is 0 Å². The summed E-state index contributed by atoms with van der Waals surface area (Å²) in [7, 11) is 0. The maximum atomic E-state index is 11.8. The van der Waals surface area contributed by atoms with Crippen molar-refractivity contribution in [3.05, 3.63) is 16.3 Å². The molecule has 0 aliphatic carbocycles. The van der Waals surface area contributed by atoms with Crippen LogP contribution in [0.15, 0.2) is 16.3 Å². The summed E-state index contributed by atoms with van der Waals surface area (Å²) in [4.78, 5) is 26.8. The molecule has 0 aromatic carbocycles. The van der Waals surface area contributed by atoms with Gasteiger partial charge in [0.15, 0.2) is 0 Å². The van der Waals surface area contributed by atoms with Crippen molar-refractivity contribution in [1.82, 2.24) is 10.2 Å². The fourth-order valence-electron chi connectivity index (χ4n) is 1.94. The zero-order valence-corrected chi connectivity index (χ0v) is 11.7. The minimum atomic E-state index is -0.203. The molecule has 1 fully saturated rings. The number of amides is 2. The minimum Gasteiger partial charge on any atom is -0.342 e. The molecule has 98 valence electrons. The number of nitrogens with zero attached hydrogens (tertiary/aromatic N) is 1. The number of piperidine rings is 1. The second-order valence-electron chi connectivity index (χ2n) is 4.29. The SMILES string of the molecule is O=C(NCC(=O)N1CCCCC1)c1cc(S)cs1. The van der Waals surface area contributed by atoms with Crippen LogP contribution in [0.1, 0.15) is 28.9 Å². The van der Waals surface area contributed by atoms with E-state index >= 15 is 0 Å². The number of carbonyl (C=O) groups excluding carboxylic acids is 2. The van der Waals surface area contributed by atoms with Crippen molar-refractivity contribution in [1.29, 1.82) is 0 Å². The molecule has 1 aromatic heterocycles. The molecule has 1 N–H and O–H groups in total. The summed E-state index contributed by atoms with van der Waals surface area (Å²) in [5.41, 5.74) is 0. The second-order valence-corrected chi connectivity index (χ2v) is 5.72. The van der Waals surface area contributed by atoms with E-state index in [0.29, 0.717) is 4.88 Å². The highest BCUT2D eigenvalue weighted by atomic mass is 32.1. The van der Waals surface area contributed by atoms with Gasteiger partial charge in [0.2, 0.25) is 5.91 Å². The van der Waals surface area contributed by atoms with E-state index in [-0.39, 0.29) is 18.4 Å². The lowest BCUT2D eigenvalue weighted by Crippen LogP contribution is -2.42. The number of likely N-dealkylation sites (tertiary alicyclic amines) is 1. The van der Waals surface area contributed by atoms with Crippen LogP contribution in [-0.2, 0) is 4.79 Å². The van der Waals surface area contributed by atoms with Gasteiger partial charge >= 0.3 is 0 Å². The molecule has 0 bridgehead atoms. The summed E-state index contributed by atoms with van der Waals surface area (Å²) >= 11 is 5.48. The van der Waals surface area contributed by atoms with E-state index in [2.05, 4.69) is 17.9 Å². The van der Waals surface area contributed by atoms with Crippen molar-refractivity contribution < 1.29 is 9.59 Å². The van der Waals surface area contributed by atoms with Crippen molar-refractivity contribution in [2.45, 2.75) is 24.2 Å². The number of hydrogen-bond acceptors (Lipinski definition) is 4. The highest BCUT2D eigenvalue weighted by Gasteiger charge is 2.17. The van der Waals surface area contributed by atoms with Crippen molar-refractivity contribution in [3.8, 4) is 0 Å². The molecular formula is C12H16N2O2S2. The zero-order valence-electron chi connectivity index (χ0n) is 10.0. The third-order valence-corrected chi connectivity index (χ3v) is 4.28. The Morgan fingerprint density at radius 1 is 1.33 bits per heavy atom. The van der Waals surface area contributed by atoms with Crippen LogP contribution in [0.25, 0.3) is 0 Å². The molecule has 18 heavy (non-hydrogen) atoms. The first-order valence-corrected chi connectivity index (χ1v) is 7.33. The van der Waals surface area contributed by atoms with Gasteiger partial charge in [0, 0.05) is 23.4 Å². The fourth-order valence-corrected chi connectivity index (χ4v) is 3.01. The molecule has 2 amide bonds. The number of thiol groups is 1. The maximum Gasteiger partial charge on any atom is 0.261 e. The lowest BCUT2D eigenvalue weighted by atomic mass is 10.1. The largest absolute Gasteiger partial charge is 0.342 e. The number of rotatable bonds is 3. The molecule has 2 heterocycles. The lowest BCUT2D eigenvalue weighted by molar-refractivity contribution is -0.130. The Kier molecular flexibility index (Phi) is 4.66. The number of carbonyl (C=O) groups is 2. The van der Waals surface area contributed by atoms with Crippen molar-refractivity contribution >= 4 is 35.8 Å². The Bertz CT molecular complexity index is 439. The Hall–Kier alpha value is -1.01. The van der Waals surface area contributed by atoms with Gasteiger partial charge < -0.3 is 10.2 Å². The standard InChI is InChI=1S/C12H16N2O2S2/c15-11(14-4-2-1-3-5-14)7-13-12(16)10-6-9(17)8-18-10/h6,8,17H,1-5,7H2,(H,13,16). The van der Waals surface area contributed by atoms with Gasteiger partial charge in [0.05, 0.1) is 11.4 Å². The van der Waals surface area contributed by atoms with Crippen LogP contribution in [0.3, 0.4) is 0 Å². The summed E-state index contributed by atoms with van der Waals surface area (Å²) in [5, 5.41) is 4.45. The van der Waals surface area contributed by atoms with Crippen LogP contribution in [0.5, 0.6) is 0 Å². The van der Waals surface area contributed by atoms with E-state index < -0.39 is 0 Å². The molecule has 2 rings (SSSR count). The third-order valence-electron chi connectivity index (χ3n) is 2.92.